The van der Waals surface area contributed by atoms with Crippen LogP contribution in [0.5, 0.6) is 0 Å². The predicted octanol–water partition coefficient (Wildman–Crippen LogP) is 4.67. The van der Waals surface area contributed by atoms with Crippen molar-refractivity contribution in [2.45, 2.75) is 24.6 Å². The van der Waals surface area contributed by atoms with E-state index >= 15 is 0 Å². The van der Waals surface area contributed by atoms with Gasteiger partial charge < -0.3 is 0 Å². The topological polar surface area (TPSA) is 32.7 Å². The molecule has 102 valence electrons. The van der Waals surface area contributed by atoms with Crippen LogP contribution in [0.25, 0.3) is 0 Å². The number of benzene rings is 1. The predicted molar refractivity (Wildman–Crippen MR) is 80.7 cm³/mol. The van der Waals surface area contributed by atoms with Crippen molar-refractivity contribution in [2.75, 3.05) is 5.01 Å². The van der Waals surface area contributed by atoms with E-state index < -0.39 is 4.87 Å². The Morgan fingerprint density at radius 2 is 1.95 bits per heavy atom. The number of amides is 1. The summed E-state index contributed by atoms with van der Waals surface area (Å²) in [6, 6.07) is 4.77. The SMILES string of the molecule is CCCC1(Cl)C(=O)N(c2ccc(Cl)c(Cl)c2)N=C1Cl. The molecule has 1 atom stereocenters. The van der Waals surface area contributed by atoms with Crippen molar-refractivity contribution < 1.29 is 4.79 Å². The fraction of sp³-hybridized carbons (Fsp3) is 0.333. The van der Waals surface area contributed by atoms with Crippen LogP contribution in [0.4, 0.5) is 5.69 Å². The van der Waals surface area contributed by atoms with Gasteiger partial charge in [-0.3, -0.25) is 4.79 Å². The molecule has 2 rings (SSSR count). The summed E-state index contributed by atoms with van der Waals surface area (Å²) in [7, 11) is 0. The molecule has 0 fully saturated rings. The first-order valence-electron chi connectivity index (χ1n) is 5.63. The standard InChI is InChI=1S/C12H10Cl4N2O/c1-2-5-12(16)10(15)17-18(11(12)19)7-3-4-8(13)9(14)6-7/h3-4,6H,2,5H2,1H3. The lowest BCUT2D eigenvalue weighted by atomic mass is 10.0. The second-order valence-corrected chi connectivity index (χ2v) is 5.97. The molecular weight excluding hydrogens is 330 g/mol. The van der Waals surface area contributed by atoms with Gasteiger partial charge in [-0.15, -0.1) is 11.6 Å². The van der Waals surface area contributed by atoms with Crippen LogP contribution in [0.3, 0.4) is 0 Å². The van der Waals surface area contributed by atoms with Gasteiger partial charge in [-0.05, 0) is 24.6 Å². The van der Waals surface area contributed by atoms with Crippen molar-refractivity contribution in [3.63, 3.8) is 0 Å². The summed E-state index contributed by atoms with van der Waals surface area (Å²) in [5.74, 6) is -0.376. The molecule has 0 radical (unpaired) electrons. The van der Waals surface area contributed by atoms with Gasteiger partial charge in [0.15, 0.2) is 10.0 Å². The molecule has 1 amide bonds. The second-order valence-electron chi connectivity index (χ2n) is 4.16. The van der Waals surface area contributed by atoms with E-state index in [4.69, 9.17) is 46.4 Å². The molecule has 0 saturated heterocycles. The Morgan fingerprint density at radius 3 is 2.53 bits per heavy atom. The van der Waals surface area contributed by atoms with Gasteiger partial charge >= 0.3 is 0 Å². The van der Waals surface area contributed by atoms with Crippen molar-refractivity contribution in [1.82, 2.24) is 0 Å². The minimum absolute atomic E-state index is 0.0760. The van der Waals surface area contributed by atoms with Crippen LogP contribution >= 0.6 is 46.4 Å². The van der Waals surface area contributed by atoms with E-state index in [9.17, 15) is 4.79 Å². The Morgan fingerprint density at radius 1 is 1.26 bits per heavy atom. The number of carbonyl (C=O) groups excluding carboxylic acids is 1. The van der Waals surface area contributed by atoms with Crippen molar-refractivity contribution in [2.24, 2.45) is 5.10 Å². The zero-order valence-electron chi connectivity index (χ0n) is 9.96. The van der Waals surface area contributed by atoms with Crippen LogP contribution in [0.15, 0.2) is 23.3 Å². The Hall–Kier alpha value is -0.480. The number of carbonyl (C=O) groups is 1. The van der Waals surface area contributed by atoms with Crippen molar-refractivity contribution in [3.05, 3.63) is 28.2 Å². The number of rotatable bonds is 3. The van der Waals surface area contributed by atoms with E-state index in [1.807, 2.05) is 6.92 Å². The molecule has 7 heteroatoms. The molecular formula is C12H10Cl4N2O. The molecule has 0 spiro atoms. The van der Waals surface area contributed by atoms with Crippen molar-refractivity contribution in [3.8, 4) is 0 Å². The quantitative estimate of drug-likeness (QED) is 0.736. The minimum atomic E-state index is -1.28. The molecule has 0 bridgehead atoms. The van der Waals surface area contributed by atoms with Crippen LogP contribution in [0, 0.1) is 0 Å². The molecule has 1 aromatic rings. The maximum absolute atomic E-state index is 12.3. The normalized spacial score (nSPS) is 22.9. The van der Waals surface area contributed by atoms with E-state index in [0.29, 0.717) is 22.2 Å². The highest BCUT2D eigenvalue weighted by Gasteiger charge is 2.49. The zero-order chi connectivity index (χ0) is 14.2. The minimum Gasteiger partial charge on any atom is -0.270 e. The molecule has 1 unspecified atom stereocenters. The van der Waals surface area contributed by atoms with Crippen molar-refractivity contribution in [1.29, 1.82) is 0 Å². The van der Waals surface area contributed by atoms with Crippen LogP contribution in [0.1, 0.15) is 19.8 Å². The van der Waals surface area contributed by atoms with E-state index in [-0.39, 0.29) is 11.1 Å². The Labute approximate surface area is 131 Å². The number of hydrazone groups is 1. The third-order valence-corrected chi connectivity index (χ3v) is 4.55. The van der Waals surface area contributed by atoms with Gasteiger partial charge in [-0.2, -0.15) is 10.1 Å². The molecule has 3 nitrogen and oxygen atoms in total. The first kappa shape index (κ1) is 14.9. The average molecular weight is 340 g/mol. The number of halogens is 4. The van der Waals surface area contributed by atoms with E-state index in [0.717, 1.165) is 11.4 Å². The molecule has 1 aliphatic rings. The van der Waals surface area contributed by atoms with Crippen LogP contribution in [0.2, 0.25) is 10.0 Å². The molecule has 0 aromatic heterocycles. The van der Waals surface area contributed by atoms with Gasteiger partial charge in [0.1, 0.15) is 0 Å². The monoisotopic (exact) mass is 338 g/mol. The second kappa shape index (κ2) is 5.49. The maximum Gasteiger partial charge on any atom is 0.275 e. The summed E-state index contributed by atoms with van der Waals surface area (Å²) < 4.78 is 0. The number of alkyl halides is 1. The number of nitrogens with zero attached hydrogens (tertiary/aromatic N) is 2. The third kappa shape index (κ3) is 2.57. The van der Waals surface area contributed by atoms with Crippen LogP contribution in [-0.2, 0) is 4.79 Å². The van der Waals surface area contributed by atoms with Gasteiger partial charge in [0.05, 0.1) is 15.7 Å². The number of hydrogen-bond acceptors (Lipinski definition) is 2. The summed E-state index contributed by atoms with van der Waals surface area (Å²) in [5, 5.41) is 5.99. The highest BCUT2D eigenvalue weighted by molar-refractivity contribution is 6.77. The first-order valence-corrected chi connectivity index (χ1v) is 7.14. The zero-order valence-corrected chi connectivity index (χ0v) is 13.0. The van der Waals surface area contributed by atoms with Crippen molar-refractivity contribution >= 4 is 63.2 Å². The fourth-order valence-electron chi connectivity index (χ4n) is 1.81. The fourth-order valence-corrected chi connectivity index (χ4v) is 2.66. The summed E-state index contributed by atoms with van der Waals surface area (Å²) in [5.41, 5.74) is 0.483. The van der Waals surface area contributed by atoms with Gasteiger partial charge in [0.25, 0.3) is 5.91 Å². The van der Waals surface area contributed by atoms with Crippen LogP contribution < -0.4 is 5.01 Å². The summed E-state index contributed by atoms with van der Waals surface area (Å²) in [4.78, 5) is 11.1. The smallest absolute Gasteiger partial charge is 0.270 e. The largest absolute Gasteiger partial charge is 0.275 e. The lowest BCUT2D eigenvalue weighted by molar-refractivity contribution is -0.119. The summed E-state index contributed by atoms with van der Waals surface area (Å²) in [6.45, 7) is 1.92. The van der Waals surface area contributed by atoms with Gasteiger partial charge in [-0.25, -0.2) is 0 Å². The summed E-state index contributed by atoms with van der Waals surface area (Å²) >= 11 is 24.0. The molecule has 19 heavy (non-hydrogen) atoms. The Balaban J connectivity index is 2.38. The molecule has 1 aromatic carbocycles. The highest BCUT2D eigenvalue weighted by atomic mass is 35.5. The maximum atomic E-state index is 12.3. The molecule has 0 aliphatic carbocycles. The molecule has 1 heterocycles. The number of hydrogen-bond donors (Lipinski definition) is 0. The highest BCUT2D eigenvalue weighted by Crippen LogP contribution is 2.37. The first-order chi connectivity index (χ1) is 8.90. The number of anilines is 1. The lowest BCUT2D eigenvalue weighted by Gasteiger charge is -2.19. The van der Waals surface area contributed by atoms with Crippen LogP contribution in [-0.4, -0.2) is 16.0 Å². The Bertz CT molecular complexity index is 561. The van der Waals surface area contributed by atoms with Gasteiger partial charge in [0, 0.05) is 0 Å². The average Bonchev–Trinajstić information content (AvgIpc) is 2.58. The van der Waals surface area contributed by atoms with Gasteiger partial charge in [0.2, 0.25) is 0 Å². The summed E-state index contributed by atoms with van der Waals surface area (Å²) in [6.07, 6.45) is 1.14. The lowest BCUT2D eigenvalue weighted by Crippen LogP contribution is -2.40. The Kier molecular flexibility index (Phi) is 4.31. The van der Waals surface area contributed by atoms with E-state index in [1.165, 1.54) is 0 Å². The molecule has 1 aliphatic heterocycles. The molecule has 0 saturated carbocycles. The van der Waals surface area contributed by atoms with Gasteiger partial charge in [-0.1, -0.05) is 48.1 Å². The van der Waals surface area contributed by atoms with E-state index in [2.05, 4.69) is 5.10 Å². The molecule has 0 N–H and O–H groups in total. The third-order valence-electron chi connectivity index (χ3n) is 2.79. The van der Waals surface area contributed by atoms with E-state index in [1.54, 1.807) is 18.2 Å².